The molecule has 1 aromatic rings. The molecule has 0 aliphatic rings. The van der Waals surface area contributed by atoms with Crippen LogP contribution in [0, 0.1) is 0 Å². The summed E-state index contributed by atoms with van der Waals surface area (Å²) in [5.41, 5.74) is 1.27. The van der Waals surface area contributed by atoms with Crippen LogP contribution in [0.25, 0.3) is 0 Å². The van der Waals surface area contributed by atoms with Crippen LogP contribution in [0.15, 0.2) is 24.3 Å². The highest BCUT2D eigenvalue weighted by Gasteiger charge is 2.08. The summed E-state index contributed by atoms with van der Waals surface area (Å²) >= 11 is 0. The predicted octanol–water partition coefficient (Wildman–Crippen LogP) is 3.10. The third-order valence-electron chi connectivity index (χ3n) is 2.98. The number of rotatable bonds is 6. The van der Waals surface area contributed by atoms with Gasteiger partial charge in [0.05, 0.1) is 0 Å². The molecule has 2 heteroatoms. The van der Waals surface area contributed by atoms with Gasteiger partial charge in [-0.1, -0.05) is 26.0 Å². The largest absolute Gasteiger partial charge is 0.508 e. The standard InChI is InChI=1S/C14H23NO/c1-4-13(5-2)15-11(3)10-12-6-8-14(16)9-7-12/h6-9,11,13,15-16H,4-5,10H2,1-3H3. The normalized spacial score (nSPS) is 13.0. The molecule has 0 bridgehead atoms. The Hall–Kier alpha value is -1.02. The van der Waals surface area contributed by atoms with E-state index in [1.54, 1.807) is 12.1 Å². The summed E-state index contributed by atoms with van der Waals surface area (Å²) in [6.45, 7) is 6.65. The lowest BCUT2D eigenvalue weighted by Gasteiger charge is -2.21. The van der Waals surface area contributed by atoms with Crippen molar-refractivity contribution in [2.75, 3.05) is 0 Å². The maximum atomic E-state index is 9.20. The third-order valence-corrected chi connectivity index (χ3v) is 2.98. The van der Waals surface area contributed by atoms with Crippen molar-refractivity contribution in [1.82, 2.24) is 5.32 Å². The molecule has 0 saturated heterocycles. The minimum atomic E-state index is 0.337. The molecular formula is C14H23NO. The van der Waals surface area contributed by atoms with Gasteiger partial charge in [0.25, 0.3) is 0 Å². The fourth-order valence-corrected chi connectivity index (χ4v) is 1.97. The first-order valence-electron chi connectivity index (χ1n) is 6.19. The molecule has 1 atom stereocenters. The molecule has 1 rings (SSSR count). The van der Waals surface area contributed by atoms with Crippen LogP contribution < -0.4 is 5.32 Å². The molecule has 0 aliphatic heterocycles. The number of hydrogen-bond acceptors (Lipinski definition) is 2. The fourth-order valence-electron chi connectivity index (χ4n) is 1.97. The maximum absolute atomic E-state index is 9.20. The zero-order valence-corrected chi connectivity index (χ0v) is 10.5. The summed E-state index contributed by atoms with van der Waals surface area (Å²) < 4.78 is 0. The first kappa shape index (κ1) is 13.0. The molecular weight excluding hydrogens is 198 g/mol. The van der Waals surface area contributed by atoms with Gasteiger partial charge in [0, 0.05) is 12.1 Å². The topological polar surface area (TPSA) is 32.3 Å². The van der Waals surface area contributed by atoms with Crippen LogP contribution in [0.5, 0.6) is 5.75 Å². The minimum Gasteiger partial charge on any atom is -0.508 e. The fraction of sp³-hybridized carbons (Fsp3) is 0.571. The lowest BCUT2D eigenvalue weighted by Crippen LogP contribution is -2.36. The Morgan fingerprint density at radius 2 is 1.69 bits per heavy atom. The quantitative estimate of drug-likeness (QED) is 0.773. The van der Waals surface area contributed by atoms with Gasteiger partial charge in [-0.2, -0.15) is 0 Å². The minimum absolute atomic E-state index is 0.337. The summed E-state index contributed by atoms with van der Waals surface area (Å²) in [6, 6.07) is 8.57. The lowest BCUT2D eigenvalue weighted by molar-refractivity contribution is 0.422. The SMILES string of the molecule is CCC(CC)NC(C)Cc1ccc(O)cc1. The van der Waals surface area contributed by atoms with Gasteiger partial charge in [0.2, 0.25) is 0 Å². The first-order valence-corrected chi connectivity index (χ1v) is 6.19. The second-order valence-electron chi connectivity index (χ2n) is 4.45. The Bertz CT molecular complexity index is 290. The van der Waals surface area contributed by atoms with E-state index in [0.717, 1.165) is 6.42 Å². The molecule has 0 fully saturated rings. The summed E-state index contributed by atoms with van der Waals surface area (Å²) in [7, 11) is 0. The van der Waals surface area contributed by atoms with Crippen molar-refractivity contribution in [1.29, 1.82) is 0 Å². The van der Waals surface area contributed by atoms with Crippen molar-refractivity contribution in [3.05, 3.63) is 29.8 Å². The molecule has 0 heterocycles. The lowest BCUT2D eigenvalue weighted by atomic mass is 10.0. The van der Waals surface area contributed by atoms with Crippen molar-refractivity contribution in [3.8, 4) is 5.75 Å². The van der Waals surface area contributed by atoms with E-state index in [4.69, 9.17) is 0 Å². The Balaban J connectivity index is 2.44. The highest BCUT2D eigenvalue weighted by molar-refractivity contribution is 5.26. The Kier molecular flexibility index (Phi) is 5.33. The summed E-state index contributed by atoms with van der Waals surface area (Å²) in [4.78, 5) is 0. The highest BCUT2D eigenvalue weighted by atomic mass is 16.3. The van der Waals surface area contributed by atoms with E-state index in [1.807, 2.05) is 12.1 Å². The van der Waals surface area contributed by atoms with Crippen molar-refractivity contribution >= 4 is 0 Å². The van der Waals surface area contributed by atoms with Crippen LogP contribution in [-0.4, -0.2) is 17.2 Å². The van der Waals surface area contributed by atoms with Gasteiger partial charge in [0.1, 0.15) is 5.75 Å². The number of nitrogens with one attached hydrogen (secondary N) is 1. The third kappa shape index (κ3) is 4.23. The van der Waals surface area contributed by atoms with Crippen LogP contribution in [0.1, 0.15) is 39.2 Å². The summed E-state index contributed by atoms with van der Waals surface area (Å²) in [5.74, 6) is 0.337. The predicted molar refractivity (Wildman–Crippen MR) is 68.8 cm³/mol. The van der Waals surface area contributed by atoms with Crippen molar-refractivity contribution in [2.24, 2.45) is 0 Å². The van der Waals surface area contributed by atoms with Gasteiger partial charge < -0.3 is 10.4 Å². The number of phenols is 1. The molecule has 0 aliphatic carbocycles. The Labute approximate surface area is 98.7 Å². The van der Waals surface area contributed by atoms with Crippen LogP contribution in [0.4, 0.5) is 0 Å². The van der Waals surface area contributed by atoms with Gasteiger partial charge >= 0.3 is 0 Å². The van der Waals surface area contributed by atoms with E-state index in [1.165, 1.54) is 18.4 Å². The highest BCUT2D eigenvalue weighted by Crippen LogP contribution is 2.11. The number of aromatic hydroxyl groups is 1. The van der Waals surface area contributed by atoms with Crippen molar-refractivity contribution in [3.63, 3.8) is 0 Å². The number of benzene rings is 1. The van der Waals surface area contributed by atoms with Gasteiger partial charge in [0.15, 0.2) is 0 Å². The Morgan fingerprint density at radius 1 is 1.12 bits per heavy atom. The monoisotopic (exact) mass is 221 g/mol. The Morgan fingerprint density at radius 3 is 2.19 bits per heavy atom. The number of phenolic OH excluding ortho intramolecular Hbond substituents is 1. The van der Waals surface area contributed by atoms with Crippen molar-refractivity contribution < 1.29 is 5.11 Å². The van der Waals surface area contributed by atoms with Gasteiger partial charge in [-0.3, -0.25) is 0 Å². The van der Waals surface area contributed by atoms with E-state index < -0.39 is 0 Å². The van der Waals surface area contributed by atoms with E-state index in [9.17, 15) is 5.11 Å². The maximum Gasteiger partial charge on any atom is 0.115 e. The molecule has 1 aromatic carbocycles. The van der Waals surface area contributed by atoms with Crippen LogP contribution >= 0.6 is 0 Å². The summed E-state index contributed by atoms with van der Waals surface area (Å²) in [5, 5.41) is 12.8. The summed E-state index contributed by atoms with van der Waals surface area (Å²) in [6.07, 6.45) is 3.36. The molecule has 16 heavy (non-hydrogen) atoms. The second-order valence-corrected chi connectivity index (χ2v) is 4.45. The molecule has 90 valence electrons. The smallest absolute Gasteiger partial charge is 0.115 e. The van der Waals surface area contributed by atoms with Crippen LogP contribution in [0.3, 0.4) is 0 Å². The molecule has 2 nitrogen and oxygen atoms in total. The average Bonchev–Trinajstić information content (AvgIpc) is 2.29. The van der Waals surface area contributed by atoms with Gasteiger partial charge in [-0.25, -0.2) is 0 Å². The number of hydrogen-bond donors (Lipinski definition) is 2. The van der Waals surface area contributed by atoms with E-state index in [2.05, 4.69) is 26.1 Å². The van der Waals surface area contributed by atoms with E-state index >= 15 is 0 Å². The van der Waals surface area contributed by atoms with Gasteiger partial charge in [-0.05, 0) is 43.9 Å². The average molecular weight is 221 g/mol. The van der Waals surface area contributed by atoms with Crippen LogP contribution in [-0.2, 0) is 6.42 Å². The second kappa shape index (κ2) is 6.54. The molecule has 0 saturated carbocycles. The zero-order valence-electron chi connectivity index (χ0n) is 10.5. The van der Waals surface area contributed by atoms with Gasteiger partial charge in [-0.15, -0.1) is 0 Å². The molecule has 0 aromatic heterocycles. The molecule has 0 radical (unpaired) electrons. The molecule has 0 amide bonds. The van der Waals surface area contributed by atoms with Crippen LogP contribution in [0.2, 0.25) is 0 Å². The molecule has 1 unspecified atom stereocenters. The molecule has 0 spiro atoms. The van der Waals surface area contributed by atoms with E-state index in [-0.39, 0.29) is 0 Å². The van der Waals surface area contributed by atoms with Crippen molar-refractivity contribution in [2.45, 2.75) is 52.1 Å². The zero-order chi connectivity index (χ0) is 12.0. The molecule has 2 N–H and O–H groups in total. The first-order chi connectivity index (χ1) is 7.65. The van der Waals surface area contributed by atoms with E-state index in [0.29, 0.717) is 17.8 Å².